The van der Waals surface area contributed by atoms with E-state index in [0.717, 1.165) is 36.4 Å². The number of rotatable bonds is 7. The Balaban J connectivity index is 2.18. The predicted molar refractivity (Wildman–Crippen MR) is 94.6 cm³/mol. The Kier molecular flexibility index (Phi) is 6.28. The molecule has 21 heavy (non-hydrogen) atoms. The van der Waals surface area contributed by atoms with Crippen LogP contribution in [0.5, 0.6) is 0 Å². The first-order valence-corrected chi connectivity index (χ1v) is 8.90. The Morgan fingerprint density at radius 3 is 2.52 bits per heavy atom. The van der Waals surface area contributed by atoms with E-state index in [1.165, 1.54) is 15.3 Å². The molecule has 0 radical (unpaired) electrons. The second-order valence-electron chi connectivity index (χ2n) is 5.44. The van der Waals surface area contributed by atoms with Crippen LogP contribution in [0.3, 0.4) is 0 Å². The second kappa shape index (κ2) is 7.98. The number of thiophene rings is 1. The van der Waals surface area contributed by atoms with Gasteiger partial charge in [0, 0.05) is 27.2 Å². The van der Waals surface area contributed by atoms with Crippen LogP contribution in [-0.2, 0) is 12.8 Å². The highest BCUT2D eigenvalue weighted by Crippen LogP contribution is 2.26. The summed E-state index contributed by atoms with van der Waals surface area (Å²) in [6.07, 6.45) is 3.32. The van der Waals surface area contributed by atoms with E-state index in [2.05, 4.69) is 50.4 Å². The molecular weight excluding hydrogens is 298 g/mol. The van der Waals surface area contributed by atoms with Gasteiger partial charge in [0.05, 0.1) is 0 Å². The molecule has 1 aromatic heterocycles. The zero-order chi connectivity index (χ0) is 15.2. The summed E-state index contributed by atoms with van der Waals surface area (Å²) in [4.78, 5) is 2.92. The van der Waals surface area contributed by atoms with E-state index < -0.39 is 0 Å². The van der Waals surface area contributed by atoms with Crippen molar-refractivity contribution in [2.45, 2.75) is 46.1 Å². The number of nitrogens with one attached hydrogen (secondary N) is 1. The minimum absolute atomic E-state index is 0.365. The zero-order valence-corrected chi connectivity index (χ0v) is 14.7. The van der Waals surface area contributed by atoms with Crippen molar-refractivity contribution in [3.05, 3.63) is 56.2 Å². The van der Waals surface area contributed by atoms with E-state index in [1.807, 2.05) is 17.4 Å². The summed E-state index contributed by atoms with van der Waals surface area (Å²) in [5.74, 6) is 0. The molecule has 0 aliphatic carbocycles. The van der Waals surface area contributed by atoms with Gasteiger partial charge in [0.2, 0.25) is 0 Å². The first kappa shape index (κ1) is 16.5. The second-order valence-corrected chi connectivity index (χ2v) is 7.10. The van der Waals surface area contributed by atoms with E-state index in [0.29, 0.717) is 6.04 Å². The number of hydrogen-bond acceptors (Lipinski definition) is 2. The van der Waals surface area contributed by atoms with Gasteiger partial charge in [-0.25, -0.2) is 0 Å². The van der Waals surface area contributed by atoms with Crippen LogP contribution in [0.25, 0.3) is 0 Å². The van der Waals surface area contributed by atoms with Crippen LogP contribution in [-0.4, -0.2) is 6.54 Å². The molecule has 114 valence electrons. The van der Waals surface area contributed by atoms with Gasteiger partial charge in [0.1, 0.15) is 0 Å². The molecule has 0 bridgehead atoms. The summed E-state index contributed by atoms with van der Waals surface area (Å²) >= 11 is 8.08. The molecule has 0 amide bonds. The standard InChI is InChI=1S/C18H24ClNS/c1-4-10-20-18(12-16-8-7-15(5-2)21-16)14-6-9-17(19)13(3)11-14/h6-9,11,18,20H,4-5,10,12H2,1-3H3. The van der Waals surface area contributed by atoms with Gasteiger partial charge in [-0.15, -0.1) is 11.3 Å². The molecule has 2 rings (SSSR count). The SMILES string of the molecule is CCCNC(Cc1ccc(CC)s1)c1ccc(Cl)c(C)c1. The molecular formula is C18H24ClNS. The monoisotopic (exact) mass is 321 g/mol. The lowest BCUT2D eigenvalue weighted by molar-refractivity contribution is 0.532. The topological polar surface area (TPSA) is 12.0 Å². The normalized spacial score (nSPS) is 12.6. The van der Waals surface area contributed by atoms with Gasteiger partial charge in [-0.05, 0) is 55.6 Å². The van der Waals surface area contributed by atoms with Crippen molar-refractivity contribution < 1.29 is 0 Å². The third-order valence-electron chi connectivity index (χ3n) is 3.70. The molecule has 0 fully saturated rings. The van der Waals surface area contributed by atoms with Crippen LogP contribution in [0.1, 0.15) is 47.2 Å². The molecule has 1 nitrogen and oxygen atoms in total. The third kappa shape index (κ3) is 4.57. The highest BCUT2D eigenvalue weighted by molar-refractivity contribution is 7.11. The Bertz CT molecular complexity index is 576. The summed E-state index contributed by atoms with van der Waals surface area (Å²) in [5.41, 5.74) is 2.48. The molecule has 1 atom stereocenters. The predicted octanol–water partition coefficient (Wildman–Crippen LogP) is 5.56. The van der Waals surface area contributed by atoms with E-state index in [9.17, 15) is 0 Å². The Labute approximate surface area is 137 Å². The average Bonchev–Trinajstić information content (AvgIpc) is 2.94. The molecule has 0 aliphatic heterocycles. The molecule has 2 aromatic rings. The maximum absolute atomic E-state index is 6.15. The van der Waals surface area contributed by atoms with E-state index >= 15 is 0 Å². The Morgan fingerprint density at radius 2 is 1.90 bits per heavy atom. The van der Waals surface area contributed by atoms with E-state index in [4.69, 9.17) is 11.6 Å². The number of benzene rings is 1. The van der Waals surface area contributed by atoms with Gasteiger partial charge in [0.15, 0.2) is 0 Å². The van der Waals surface area contributed by atoms with Crippen LogP contribution < -0.4 is 5.32 Å². The summed E-state index contributed by atoms with van der Waals surface area (Å²) in [6, 6.07) is 11.3. The van der Waals surface area contributed by atoms with Gasteiger partial charge in [-0.1, -0.05) is 37.6 Å². The van der Waals surface area contributed by atoms with Gasteiger partial charge >= 0.3 is 0 Å². The first-order chi connectivity index (χ1) is 10.1. The Hall–Kier alpha value is -0.830. The molecule has 0 spiro atoms. The maximum Gasteiger partial charge on any atom is 0.0435 e. The van der Waals surface area contributed by atoms with Crippen molar-refractivity contribution in [3.63, 3.8) is 0 Å². The van der Waals surface area contributed by atoms with Crippen molar-refractivity contribution in [2.75, 3.05) is 6.54 Å². The van der Waals surface area contributed by atoms with Crippen LogP contribution in [0.15, 0.2) is 30.3 Å². The van der Waals surface area contributed by atoms with Crippen molar-refractivity contribution in [1.29, 1.82) is 0 Å². The third-order valence-corrected chi connectivity index (χ3v) is 5.37. The van der Waals surface area contributed by atoms with Gasteiger partial charge in [-0.3, -0.25) is 0 Å². The zero-order valence-electron chi connectivity index (χ0n) is 13.1. The lowest BCUT2D eigenvalue weighted by Crippen LogP contribution is -2.23. The van der Waals surface area contributed by atoms with Crippen molar-refractivity contribution in [1.82, 2.24) is 5.32 Å². The lowest BCUT2D eigenvalue weighted by Gasteiger charge is -2.19. The van der Waals surface area contributed by atoms with Gasteiger partial charge in [0.25, 0.3) is 0 Å². The highest BCUT2D eigenvalue weighted by Gasteiger charge is 2.13. The van der Waals surface area contributed by atoms with E-state index in [1.54, 1.807) is 0 Å². The maximum atomic E-state index is 6.15. The fourth-order valence-electron chi connectivity index (χ4n) is 2.43. The lowest BCUT2D eigenvalue weighted by atomic mass is 10.0. The number of halogens is 1. The van der Waals surface area contributed by atoms with Crippen LogP contribution in [0, 0.1) is 6.92 Å². The molecule has 1 unspecified atom stereocenters. The summed E-state index contributed by atoms with van der Waals surface area (Å²) in [6.45, 7) is 7.53. The summed E-state index contributed by atoms with van der Waals surface area (Å²) < 4.78 is 0. The van der Waals surface area contributed by atoms with Crippen LogP contribution >= 0.6 is 22.9 Å². The average molecular weight is 322 g/mol. The number of hydrogen-bond donors (Lipinski definition) is 1. The fourth-order valence-corrected chi connectivity index (χ4v) is 3.56. The summed E-state index contributed by atoms with van der Waals surface area (Å²) in [5, 5.41) is 4.52. The minimum atomic E-state index is 0.365. The van der Waals surface area contributed by atoms with E-state index in [-0.39, 0.29) is 0 Å². The fraction of sp³-hybridized carbons (Fsp3) is 0.444. The van der Waals surface area contributed by atoms with Gasteiger partial charge < -0.3 is 5.32 Å². The molecule has 0 saturated carbocycles. The quantitative estimate of drug-likeness (QED) is 0.704. The summed E-state index contributed by atoms with van der Waals surface area (Å²) in [7, 11) is 0. The van der Waals surface area contributed by atoms with Crippen molar-refractivity contribution in [3.8, 4) is 0 Å². The van der Waals surface area contributed by atoms with Gasteiger partial charge in [-0.2, -0.15) is 0 Å². The molecule has 3 heteroatoms. The molecule has 0 aliphatic rings. The number of aryl methyl sites for hydroxylation is 2. The molecule has 1 N–H and O–H groups in total. The van der Waals surface area contributed by atoms with Crippen molar-refractivity contribution in [2.24, 2.45) is 0 Å². The van der Waals surface area contributed by atoms with Crippen molar-refractivity contribution >= 4 is 22.9 Å². The molecule has 1 heterocycles. The Morgan fingerprint density at radius 1 is 1.14 bits per heavy atom. The minimum Gasteiger partial charge on any atom is -0.310 e. The molecule has 1 aromatic carbocycles. The largest absolute Gasteiger partial charge is 0.310 e. The van der Waals surface area contributed by atoms with Crippen LogP contribution in [0.2, 0.25) is 5.02 Å². The smallest absolute Gasteiger partial charge is 0.0435 e. The molecule has 0 saturated heterocycles. The first-order valence-electron chi connectivity index (χ1n) is 7.71. The van der Waals surface area contributed by atoms with Crippen LogP contribution in [0.4, 0.5) is 0 Å². The highest BCUT2D eigenvalue weighted by atomic mass is 35.5.